The Morgan fingerprint density at radius 1 is 0.286 bits per heavy atom. The van der Waals surface area contributed by atoms with E-state index in [9.17, 15) is 177 Å². The summed E-state index contributed by atoms with van der Waals surface area (Å²) in [6.45, 7) is -6.18. The molecule has 119 heavy (non-hydrogen) atoms. The molecule has 686 valence electrons. The molecule has 0 saturated carbocycles. The molecule has 56 heteroatoms. The Morgan fingerprint density at radius 3 is 0.933 bits per heavy atom. The van der Waals surface area contributed by atoms with E-state index in [1.807, 2.05) is 0 Å². The molecule has 0 bridgehead atoms. The lowest BCUT2D eigenvalue weighted by molar-refractivity contribution is -0.394. The topological polar surface area (TPSA) is 889 Å². The highest BCUT2D eigenvalue weighted by molar-refractivity contribution is 5.75. The first-order valence-corrected chi connectivity index (χ1v) is 36.7. The van der Waals surface area contributed by atoms with Crippen LogP contribution in [-0.2, 0) is 119 Å². The van der Waals surface area contributed by atoms with Crippen molar-refractivity contribution in [2.75, 3.05) is 46.2 Å². The molecule has 0 spiro atoms. The Morgan fingerprint density at radius 2 is 0.563 bits per heavy atom. The third-order valence-corrected chi connectivity index (χ3v) is 21.8. The molecule has 0 aliphatic carbocycles. The molecule has 11 fully saturated rings. The molecule has 11 rings (SSSR count). The van der Waals surface area contributed by atoms with Crippen LogP contribution in [0.2, 0.25) is 0 Å². The lowest BCUT2D eigenvalue weighted by Gasteiger charge is -2.49. The molecule has 51 atom stereocenters. The smallest absolute Gasteiger partial charge is 0.364 e. The summed E-state index contributed by atoms with van der Waals surface area (Å²) in [4.78, 5) is 48.6. The number of ether oxygens (including phenoxy) is 21. The molecule has 11 saturated heterocycles. The Hall–Kier alpha value is -4.04. The van der Waals surface area contributed by atoms with Crippen LogP contribution in [0.1, 0.15) is 6.92 Å². The summed E-state index contributed by atoms with van der Waals surface area (Å²) in [5.41, 5.74) is 0. The first-order valence-electron chi connectivity index (χ1n) is 36.7. The monoisotopic (exact) mass is 1750 g/mol. The molecular weight excluding hydrogens is 1650 g/mol. The summed E-state index contributed by atoms with van der Waals surface area (Å²) in [5.74, 6) is -9.67. The summed E-state index contributed by atoms with van der Waals surface area (Å²) < 4.78 is 116. The van der Waals surface area contributed by atoms with Crippen molar-refractivity contribution in [3.05, 3.63) is 0 Å². The van der Waals surface area contributed by atoms with Crippen molar-refractivity contribution in [1.82, 2.24) is 0 Å². The van der Waals surface area contributed by atoms with Crippen molar-refractivity contribution in [2.24, 2.45) is 0 Å². The number of fused-ring (bicyclic) bond motifs is 1. The van der Waals surface area contributed by atoms with E-state index in [2.05, 4.69) is 0 Å². The molecule has 11 aliphatic rings. The molecule has 0 aromatic carbocycles. The minimum absolute atomic E-state index is 0.497. The number of aliphatic hydroxyl groups is 27. The van der Waals surface area contributed by atoms with E-state index >= 15 is 0 Å². The third-order valence-electron chi connectivity index (χ3n) is 21.8. The lowest BCUT2D eigenvalue weighted by Crippen LogP contribution is -2.68. The van der Waals surface area contributed by atoms with Gasteiger partial charge in [-0.1, -0.05) is 0 Å². The van der Waals surface area contributed by atoms with E-state index in [0.29, 0.717) is 0 Å². The molecule has 0 radical (unpaired) electrons. The van der Waals surface area contributed by atoms with Crippen molar-refractivity contribution in [3.63, 3.8) is 0 Å². The normalized spacial score (nSPS) is 52.6. The molecule has 0 aromatic heterocycles. The fraction of sp³-hybridized carbons (Fsp3) is 0.937. The largest absolute Gasteiger partial charge is 0.479 e. The average molecular weight is 1750 g/mol. The van der Waals surface area contributed by atoms with Crippen LogP contribution in [-0.4, -0.2) is 541 Å². The zero-order chi connectivity index (χ0) is 87.5. The Bertz CT molecular complexity index is 3300. The van der Waals surface area contributed by atoms with Gasteiger partial charge in [-0.3, -0.25) is 0 Å². The number of aliphatic hydroxyl groups excluding tert-OH is 27. The van der Waals surface area contributed by atoms with E-state index in [-0.39, 0.29) is 0 Å². The molecule has 1 unspecified atom stereocenters. The van der Waals surface area contributed by atoms with Gasteiger partial charge in [0.1, 0.15) is 226 Å². The zero-order valence-electron chi connectivity index (χ0n) is 61.4. The van der Waals surface area contributed by atoms with Crippen LogP contribution >= 0.6 is 0 Å². The number of aliphatic carboxylic acids is 4. The maximum atomic E-state index is 12.8. The van der Waals surface area contributed by atoms with Crippen molar-refractivity contribution in [1.29, 1.82) is 0 Å². The van der Waals surface area contributed by atoms with Crippen LogP contribution in [0.5, 0.6) is 0 Å². The highest BCUT2D eigenvalue weighted by Gasteiger charge is 2.63. The van der Waals surface area contributed by atoms with Gasteiger partial charge in [-0.25, -0.2) is 19.2 Å². The predicted molar refractivity (Wildman–Crippen MR) is 345 cm³/mol. The zero-order valence-corrected chi connectivity index (χ0v) is 61.4. The van der Waals surface area contributed by atoms with Crippen molar-refractivity contribution >= 4 is 23.9 Å². The van der Waals surface area contributed by atoms with Gasteiger partial charge < -0.3 is 258 Å². The minimum Gasteiger partial charge on any atom is -0.479 e. The van der Waals surface area contributed by atoms with Crippen LogP contribution in [0, 0.1) is 0 Å². The first kappa shape index (κ1) is 95.6. The lowest BCUT2D eigenvalue weighted by atomic mass is 9.95. The number of hydrogen-bond acceptors (Lipinski definition) is 52. The summed E-state index contributed by atoms with van der Waals surface area (Å²) in [5, 5.41) is 335. The van der Waals surface area contributed by atoms with Crippen molar-refractivity contribution < 1.29 is 277 Å². The predicted octanol–water partition coefficient (Wildman–Crippen LogP) is -21.7. The highest BCUT2D eigenvalue weighted by Crippen LogP contribution is 2.41. The van der Waals surface area contributed by atoms with Crippen LogP contribution in [0.3, 0.4) is 0 Å². The van der Waals surface area contributed by atoms with E-state index in [1.54, 1.807) is 0 Å². The number of rotatable bonds is 28. The fourth-order valence-electron chi connectivity index (χ4n) is 14.9. The molecule has 0 amide bonds. The van der Waals surface area contributed by atoms with Gasteiger partial charge >= 0.3 is 23.9 Å². The summed E-state index contributed by atoms with van der Waals surface area (Å²) >= 11 is 0. The highest BCUT2D eigenvalue weighted by atomic mass is 16.8. The summed E-state index contributed by atoms with van der Waals surface area (Å²) in [6.07, 6.45) is -109. The number of carboxylic acid groups (broad SMARTS) is 4. The van der Waals surface area contributed by atoms with Crippen LogP contribution in [0.25, 0.3) is 0 Å². The van der Waals surface area contributed by atoms with Gasteiger partial charge in [0.05, 0.1) is 46.2 Å². The molecule has 56 nitrogen and oxygen atoms in total. The molecule has 11 aliphatic heterocycles. The van der Waals surface area contributed by atoms with Crippen molar-refractivity contribution in [2.45, 2.75) is 320 Å². The second-order valence-electron chi connectivity index (χ2n) is 29.7. The second-order valence-corrected chi connectivity index (χ2v) is 29.7. The maximum Gasteiger partial charge on any atom is 0.364 e. The SMILES string of the molecule is CC1(C(=O)O)OC[C@H]2O[C@@H](OC[C@H]3O[C@H](O[C@H]4[C@H](O)[C@@H](O)[C@H](O[C@H]5[C@H](O)[C@@H](O)[C@H](O[C@H]6[C@H](O)[C@@H](O)[C@H](O[C@H]7[C@H](O)[C@@H](O)[C@H](OC[C@H]8O[C@H](O)[C@H](O)[C@@H](O)[C@@H]8O[C@@H]8O[C@H](CO)[C@@H](O[C@@H]9O[C@H](C(=O)O)[C@@H](O[C@@H]%10O[C@H](C(=O)O)[C@@H](O)[C@H](O)[C@H]%10O)[C@H](O)[C@H]9O)[C@H](O)[C@H]8O)O[C@@H]7CO)O[C@@H]6CO)O[C@@H]5CO)O[C@@H]4C(=O)O)[C@H](O)[C@@H](O)[C@H]3O)[C@H](O)[C@@H](O)[C@@H]2O1. The molecule has 0 aromatic rings. The van der Waals surface area contributed by atoms with Gasteiger partial charge in [0.25, 0.3) is 5.79 Å². The quantitative estimate of drug-likeness (QED) is 0.0346. The summed E-state index contributed by atoms with van der Waals surface area (Å²) in [7, 11) is 0. The van der Waals surface area contributed by atoms with E-state index in [1.165, 1.54) is 0 Å². The van der Waals surface area contributed by atoms with Crippen LogP contribution in [0.4, 0.5) is 0 Å². The second kappa shape index (κ2) is 39.5. The van der Waals surface area contributed by atoms with Gasteiger partial charge in [-0.05, 0) is 0 Å². The van der Waals surface area contributed by atoms with Gasteiger partial charge in [0.2, 0.25) is 0 Å². The van der Waals surface area contributed by atoms with Gasteiger partial charge in [0.15, 0.2) is 81.2 Å². The maximum absolute atomic E-state index is 12.8. The first-order chi connectivity index (χ1) is 56.0. The number of hydrogen-bond donors (Lipinski definition) is 31. The van der Waals surface area contributed by atoms with E-state index in [0.717, 1.165) is 6.92 Å². The Labute approximate surface area is 665 Å². The number of carboxylic acids is 4. The molecule has 31 N–H and O–H groups in total. The Kier molecular flexibility index (Phi) is 31.7. The fourth-order valence-corrected chi connectivity index (χ4v) is 14.9. The van der Waals surface area contributed by atoms with Gasteiger partial charge in [0, 0.05) is 6.92 Å². The standard InChI is InChI=1S/C63H98O56/c1-63(62(97)98)101-8-15-43(119-63)25(77)32(84)54(108-15)99-6-13-16(68)17(69)29(81)55(107-13)114-44-26(78)36(88)60(117-47(44)50(92)93)111-40-11(4-66)105-57(34(86)23(40)75)110-39-10(3-65)104-56(33(85)22(39)74)109-38-9(2-64)103-53(31(83)21(38)73)100-7-14-42(20(72)28(80)52(96)102-14)113-58-35(87)24(76)41(12(5-67)106-58)112-61-37(89)27(79)45(48(118-61)51(94)95)115-59-30(82)18(70)19(71)46(116-59)49(90)91/h9-48,52-61,64-89,96H,2-8H2,1H3,(H,90,91)(H,92,93)(H,94,95)(H,97,98)/t9-,10-,11-,12-,13-,14-,15-,16+,17+,18+,19+,20-,21-,22-,23-,24-,25-,26-,27-,28-,29-,30-,31-,32-,33-,34-,35-,36-,37-,38-,39-,40-,41-,42-,43-,44+,45+,46+,47+,48+,52+,53-,54-,55-,56+,57+,58+,59-,60-,61-,63?/m1/s1. The minimum atomic E-state index is -2.47. The summed E-state index contributed by atoms with van der Waals surface area (Å²) in [6, 6.07) is 0. The molecule has 11 heterocycles. The van der Waals surface area contributed by atoms with Gasteiger partial charge in [-0.2, -0.15) is 0 Å². The van der Waals surface area contributed by atoms with E-state index in [4.69, 9.17) is 99.5 Å². The van der Waals surface area contributed by atoms with Crippen LogP contribution in [0.15, 0.2) is 0 Å². The van der Waals surface area contributed by atoms with Crippen LogP contribution < -0.4 is 0 Å². The average Bonchev–Trinajstić information content (AvgIpc) is 1.06. The van der Waals surface area contributed by atoms with Gasteiger partial charge in [-0.15, -0.1) is 0 Å². The third kappa shape index (κ3) is 19.5. The van der Waals surface area contributed by atoms with E-state index < -0.39 is 383 Å². The Balaban J connectivity index is 0.667. The molecular formula is C63H98O56. The number of carbonyl (C=O) groups is 4. The van der Waals surface area contributed by atoms with Crippen molar-refractivity contribution in [3.8, 4) is 0 Å².